The fourth-order valence-electron chi connectivity index (χ4n) is 1.93. The first kappa shape index (κ1) is 10.7. The minimum absolute atomic E-state index is 0.136. The second-order valence-electron chi connectivity index (χ2n) is 3.94. The Morgan fingerprint density at radius 2 is 2.38 bits per heavy atom. The average molecular weight is 218 g/mol. The van der Waals surface area contributed by atoms with Gasteiger partial charge in [0, 0.05) is 19.3 Å². The summed E-state index contributed by atoms with van der Waals surface area (Å²) >= 11 is 0. The molecule has 16 heavy (non-hydrogen) atoms. The number of rotatable bonds is 2. The maximum Gasteiger partial charge on any atom is 0.356 e. The van der Waals surface area contributed by atoms with Gasteiger partial charge >= 0.3 is 5.97 Å². The van der Waals surface area contributed by atoms with Gasteiger partial charge < -0.3 is 10.0 Å². The zero-order valence-electron chi connectivity index (χ0n) is 9.18. The van der Waals surface area contributed by atoms with E-state index in [0.29, 0.717) is 5.69 Å². The largest absolute Gasteiger partial charge is 0.476 e. The number of nitrogens with zero attached hydrogens (tertiary/aromatic N) is 2. The van der Waals surface area contributed by atoms with Crippen LogP contribution in [0.3, 0.4) is 0 Å². The summed E-state index contributed by atoms with van der Waals surface area (Å²) in [7, 11) is 0. The second kappa shape index (κ2) is 4.35. The van der Waals surface area contributed by atoms with Crippen molar-refractivity contribution in [2.24, 2.45) is 0 Å². The van der Waals surface area contributed by atoms with Crippen molar-refractivity contribution in [3.63, 3.8) is 0 Å². The van der Waals surface area contributed by atoms with Crippen molar-refractivity contribution in [3.05, 3.63) is 35.7 Å². The molecule has 0 unspecified atom stereocenters. The maximum absolute atomic E-state index is 11.0. The van der Waals surface area contributed by atoms with Crippen LogP contribution in [0.4, 0.5) is 5.69 Å². The lowest BCUT2D eigenvalue weighted by molar-refractivity contribution is 0.0691. The van der Waals surface area contributed by atoms with E-state index in [-0.39, 0.29) is 5.69 Å². The highest BCUT2D eigenvalue weighted by molar-refractivity contribution is 5.92. The predicted molar refractivity (Wildman–Crippen MR) is 61.8 cm³/mol. The molecular formula is C12H14N2O2. The normalized spacial score (nSPS) is 15.8. The van der Waals surface area contributed by atoms with Crippen molar-refractivity contribution in [3.8, 4) is 0 Å². The summed E-state index contributed by atoms with van der Waals surface area (Å²) in [6.07, 6.45) is 4.66. The van der Waals surface area contributed by atoms with E-state index in [9.17, 15) is 4.79 Å². The van der Waals surface area contributed by atoms with Crippen LogP contribution in [-0.2, 0) is 0 Å². The standard InChI is InChI=1S/C12H14N2O2/c1-9-4-3-7-14(8-9)10-5-2-6-13-11(10)12(15)16/h2,4-6H,3,7-8H2,1H3,(H,15,16). The first-order chi connectivity index (χ1) is 7.68. The molecule has 0 bridgehead atoms. The van der Waals surface area contributed by atoms with Crippen LogP contribution in [0.25, 0.3) is 0 Å². The lowest BCUT2D eigenvalue weighted by Gasteiger charge is -2.28. The first-order valence-corrected chi connectivity index (χ1v) is 5.27. The van der Waals surface area contributed by atoms with Crippen LogP contribution in [0.15, 0.2) is 30.0 Å². The van der Waals surface area contributed by atoms with Crippen molar-refractivity contribution in [1.29, 1.82) is 0 Å². The van der Waals surface area contributed by atoms with Gasteiger partial charge in [-0.25, -0.2) is 9.78 Å². The minimum atomic E-state index is -0.970. The Labute approximate surface area is 94.2 Å². The summed E-state index contributed by atoms with van der Waals surface area (Å²) < 4.78 is 0. The number of pyridine rings is 1. The zero-order valence-corrected chi connectivity index (χ0v) is 9.18. The molecule has 84 valence electrons. The molecule has 2 heterocycles. The summed E-state index contributed by atoms with van der Waals surface area (Å²) in [4.78, 5) is 17.0. The Morgan fingerprint density at radius 3 is 3.06 bits per heavy atom. The van der Waals surface area contributed by atoms with E-state index in [2.05, 4.69) is 22.9 Å². The van der Waals surface area contributed by atoms with Gasteiger partial charge in [0.25, 0.3) is 0 Å². The molecule has 0 radical (unpaired) electrons. The lowest BCUT2D eigenvalue weighted by Crippen LogP contribution is -2.30. The van der Waals surface area contributed by atoms with Gasteiger partial charge in [0.15, 0.2) is 5.69 Å². The highest BCUT2D eigenvalue weighted by atomic mass is 16.4. The summed E-state index contributed by atoms with van der Waals surface area (Å²) in [6, 6.07) is 3.59. The van der Waals surface area contributed by atoms with E-state index in [1.807, 2.05) is 6.07 Å². The Balaban J connectivity index is 2.33. The van der Waals surface area contributed by atoms with E-state index in [1.54, 1.807) is 6.07 Å². The maximum atomic E-state index is 11.0. The first-order valence-electron chi connectivity index (χ1n) is 5.27. The van der Waals surface area contributed by atoms with Gasteiger partial charge in [0.2, 0.25) is 0 Å². The second-order valence-corrected chi connectivity index (χ2v) is 3.94. The summed E-state index contributed by atoms with van der Waals surface area (Å²) in [5.41, 5.74) is 2.12. The van der Waals surface area contributed by atoms with Crippen LogP contribution in [0.5, 0.6) is 0 Å². The molecule has 1 aliphatic heterocycles. The molecule has 4 nitrogen and oxygen atoms in total. The number of carbonyl (C=O) groups is 1. The smallest absolute Gasteiger partial charge is 0.356 e. The van der Waals surface area contributed by atoms with Crippen LogP contribution in [0.2, 0.25) is 0 Å². The number of aromatic nitrogens is 1. The molecule has 0 aliphatic carbocycles. The van der Waals surface area contributed by atoms with Crippen molar-refractivity contribution in [2.45, 2.75) is 13.3 Å². The summed E-state index contributed by atoms with van der Waals surface area (Å²) in [5, 5.41) is 9.06. The van der Waals surface area contributed by atoms with Gasteiger partial charge in [-0.05, 0) is 25.5 Å². The Bertz CT molecular complexity index is 440. The van der Waals surface area contributed by atoms with Crippen LogP contribution < -0.4 is 4.90 Å². The van der Waals surface area contributed by atoms with E-state index in [0.717, 1.165) is 19.5 Å². The van der Waals surface area contributed by atoms with Crippen LogP contribution in [0.1, 0.15) is 23.8 Å². The Hall–Kier alpha value is -1.84. The van der Waals surface area contributed by atoms with E-state index < -0.39 is 5.97 Å². The van der Waals surface area contributed by atoms with Crippen LogP contribution >= 0.6 is 0 Å². The molecule has 0 saturated carbocycles. The fraction of sp³-hybridized carbons (Fsp3) is 0.333. The zero-order chi connectivity index (χ0) is 11.5. The van der Waals surface area contributed by atoms with Crippen molar-refractivity contribution >= 4 is 11.7 Å². The van der Waals surface area contributed by atoms with Crippen molar-refractivity contribution in [1.82, 2.24) is 4.98 Å². The Morgan fingerprint density at radius 1 is 1.56 bits per heavy atom. The van der Waals surface area contributed by atoms with Gasteiger partial charge in [-0.1, -0.05) is 11.6 Å². The molecular weight excluding hydrogens is 204 g/mol. The van der Waals surface area contributed by atoms with Crippen LogP contribution in [-0.4, -0.2) is 29.1 Å². The van der Waals surface area contributed by atoms with Gasteiger partial charge in [-0.2, -0.15) is 0 Å². The quantitative estimate of drug-likeness (QED) is 0.771. The number of carboxylic acids is 1. The molecule has 0 fully saturated rings. The van der Waals surface area contributed by atoms with Gasteiger partial charge in [-0.15, -0.1) is 0 Å². The molecule has 0 saturated heterocycles. The van der Waals surface area contributed by atoms with E-state index in [4.69, 9.17) is 5.11 Å². The number of hydrogen-bond acceptors (Lipinski definition) is 3. The topological polar surface area (TPSA) is 53.4 Å². The summed E-state index contributed by atoms with van der Waals surface area (Å²) in [6.45, 7) is 3.69. The molecule has 0 spiro atoms. The molecule has 0 amide bonds. The molecule has 1 aromatic rings. The lowest BCUT2D eigenvalue weighted by atomic mass is 10.1. The van der Waals surface area contributed by atoms with Crippen molar-refractivity contribution < 1.29 is 9.90 Å². The molecule has 0 aromatic carbocycles. The van der Waals surface area contributed by atoms with Gasteiger partial charge in [0.1, 0.15) is 0 Å². The van der Waals surface area contributed by atoms with Gasteiger partial charge in [-0.3, -0.25) is 0 Å². The molecule has 1 aromatic heterocycles. The Kier molecular flexibility index (Phi) is 2.90. The average Bonchev–Trinajstić information content (AvgIpc) is 2.29. The van der Waals surface area contributed by atoms with E-state index in [1.165, 1.54) is 11.8 Å². The molecule has 0 atom stereocenters. The molecule has 1 N–H and O–H groups in total. The number of hydrogen-bond donors (Lipinski definition) is 1. The molecule has 2 rings (SSSR count). The number of carboxylic acid groups (broad SMARTS) is 1. The third kappa shape index (κ3) is 2.05. The van der Waals surface area contributed by atoms with Crippen molar-refractivity contribution in [2.75, 3.05) is 18.0 Å². The van der Waals surface area contributed by atoms with E-state index >= 15 is 0 Å². The number of aromatic carboxylic acids is 1. The molecule has 4 heteroatoms. The third-order valence-corrected chi connectivity index (χ3v) is 2.66. The third-order valence-electron chi connectivity index (χ3n) is 2.66. The SMILES string of the molecule is CC1=CCCN(c2cccnc2C(=O)O)C1. The number of anilines is 1. The van der Waals surface area contributed by atoms with Gasteiger partial charge in [0.05, 0.1) is 5.69 Å². The highest BCUT2D eigenvalue weighted by Gasteiger charge is 2.18. The predicted octanol–water partition coefficient (Wildman–Crippen LogP) is 1.94. The highest BCUT2D eigenvalue weighted by Crippen LogP contribution is 2.22. The summed E-state index contributed by atoms with van der Waals surface area (Å²) in [5.74, 6) is -0.970. The molecule has 1 aliphatic rings. The fourth-order valence-corrected chi connectivity index (χ4v) is 1.93. The monoisotopic (exact) mass is 218 g/mol. The minimum Gasteiger partial charge on any atom is -0.476 e. The van der Waals surface area contributed by atoms with Crippen LogP contribution in [0, 0.1) is 0 Å².